The molecule has 0 rings (SSSR count). The van der Waals surface area contributed by atoms with Gasteiger partial charge in [0.2, 0.25) is 17.7 Å². The lowest BCUT2D eigenvalue weighted by molar-refractivity contribution is -0.143. The van der Waals surface area contributed by atoms with Crippen LogP contribution >= 0.6 is 0 Å². The maximum Gasteiger partial charge on any atom is 0.328 e. The summed E-state index contributed by atoms with van der Waals surface area (Å²) in [6, 6.07) is -4.75. The number of aliphatic hydroxyl groups excluding tert-OH is 2. The van der Waals surface area contributed by atoms with E-state index in [-0.39, 0.29) is 18.3 Å². The number of nitrogens with two attached hydrogens (primary N) is 1. The second-order valence-corrected chi connectivity index (χ2v) is 7.43. The smallest absolute Gasteiger partial charge is 0.328 e. The van der Waals surface area contributed by atoms with E-state index < -0.39 is 61.1 Å². The Kier molecular flexibility index (Phi) is 12.1. The van der Waals surface area contributed by atoms with Crippen LogP contribution in [0, 0.1) is 11.8 Å². The van der Waals surface area contributed by atoms with Crippen LogP contribution in [0.15, 0.2) is 0 Å². The SMILES string of the molecule is CCC(C)C(NC(=O)C(N)CO)C(=O)NC(CC(C)C)C(=O)NC(CO)C(=O)O. The highest BCUT2D eigenvalue weighted by atomic mass is 16.4. The zero-order chi connectivity index (χ0) is 22.7. The number of carboxylic acids is 1. The molecule has 0 radical (unpaired) electrons. The van der Waals surface area contributed by atoms with E-state index >= 15 is 0 Å². The molecule has 0 aliphatic carbocycles. The van der Waals surface area contributed by atoms with Crippen LogP contribution in [0.25, 0.3) is 0 Å². The van der Waals surface area contributed by atoms with E-state index in [9.17, 15) is 19.2 Å². The average Bonchev–Trinajstić information content (AvgIpc) is 2.66. The van der Waals surface area contributed by atoms with Gasteiger partial charge in [-0.2, -0.15) is 0 Å². The van der Waals surface area contributed by atoms with Crippen molar-refractivity contribution in [3.63, 3.8) is 0 Å². The first-order valence-electron chi connectivity index (χ1n) is 9.59. The second-order valence-electron chi connectivity index (χ2n) is 7.43. The number of aliphatic hydroxyl groups is 2. The number of nitrogens with one attached hydrogen (secondary N) is 3. The summed E-state index contributed by atoms with van der Waals surface area (Å²) < 4.78 is 0. The highest BCUT2D eigenvalue weighted by Crippen LogP contribution is 2.11. The van der Waals surface area contributed by atoms with Crippen LogP contribution in [0.4, 0.5) is 0 Å². The van der Waals surface area contributed by atoms with Gasteiger partial charge < -0.3 is 37.0 Å². The molecule has 0 fully saturated rings. The molecule has 0 aromatic rings. The van der Waals surface area contributed by atoms with Gasteiger partial charge in [0.1, 0.15) is 24.2 Å². The zero-order valence-electron chi connectivity index (χ0n) is 17.3. The number of aliphatic carboxylic acids is 1. The minimum Gasteiger partial charge on any atom is -0.480 e. The molecule has 11 nitrogen and oxygen atoms in total. The van der Waals surface area contributed by atoms with Gasteiger partial charge in [-0.15, -0.1) is 0 Å². The maximum atomic E-state index is 12.8. The normalized spacial score (nSPS) is 16.3. The summed E-state index contributed by atoms with van der Waals surface area (Å²) in [6.45, 7) is 5.81. The number of carbonyl (C=O) groups excluding carboxylic acids is 3. The van der Waals surface area contributed by atoms with Crippen molar-refractivity contribution in [1.29, 1.82) is 0 Å². The minimum absolute atomic E-state index is 0.0112. The maximum absolute atomic E-state index is 12.8. The predicted octanol–water partition coefficient (Wildman–Crippen LogP) is -2.07. The molecule has 0 aliphatic rings. The Labute approximate surface area is 170 Å². The summed E-state index contributed by atoms with van der Waals surface area (Å²) in [4.78, 5) is 48.3. The lowest BCUT2D eigenvalue weighted by atomic mass is 9.96. The van der Waals surface area contributed by atoms with Gasteiger partial charge in [-0.1, -0.05) is 34.1 Å². The fourth-order valence-electron chi connectivity index (χ4n) is 2.47. The minimum atomic E-state index is -1.50. The first-order valence-corrected chi connectivity index (χ1v) is 9.59. The van der Waals surface area contributed by atoms with Crippen LogP contribution in [0.2, 0.25) is 0 Å². The number of hydrogen-bond acceptors (Lipinski definition) is 7. The third-order valence-corrected chi connectivity index (χ3v) is 4.46. The second kappa shape index (κ2) is 13.1. The van der Waals surface area contributed by atoms with E-state index in [2.05, 4.69) is 16.0 Å². The van der Waals surface area contributed by atoms with E-state index in [1.54, 1.807) is 6.92 Å². The molecule has 168 valence electrons. The lowest BCUT2D eigenvalue weighted by Crippen LogP contribution is -2.59. The Balaban J connectivity index is 5.43. The van der Waals surface area contributed by atoms with Crippen molar-refractivity contribution >= 4 is 23.7 Å². The first kappa shape index (κ1) is 26.8. The molecule has 0 aromatic carbocycles. The first-order chi connectivity index (χ1) is 13.5. The fraction of sp³-hybridized carbons (Fsp3) is 0.778. The highest BCUT2D eigenvalue weighted by Gasteiger charge is 2.32. The summed E-state index contributed by atoms with van der Waals surface area (Å²) in [5.74, 6) is -3.80. The largest absolute Gasteiger partial charge is 0.480 e. The number of rotatable bonds is 13. The van der Waals surface area contributed by atoms with Gasteiger partial charge >= 0.3 is 5.97 Å². The molecule has 5 atom stereocenters. The number of hydrogen-bond donors (Lipinski definition) is 7. The molecule has 0 saturated heterocycles. The standard InChI is InChI=1S/C18H34N4O7/c1-5-10(4)14(22-15(25)11(19)7-23)17(27)20-12(6-9(2)3)16(26)21-13(8-24)18(28)29/h9-14,23-24H,5-8,19H2,1-4H3,(H,20,27)(H,21,26)(H,22,25)(H,28,29). The van der Waals surface area contributed by atoms with Crippen molar-refractivity contribution in [3.05, 3.63) is 0 Å². The van der Waals surface area contributed by atoms with E-state index in [4.69, 9.17) is 21.1 Å². The van der Waals surface area contributed by atoms with Gasteiger partial charge in [-0.3, -0.25) is 14.4 Å². The molecule has 0 aromatic heterocycles. The average molecular weight is 418 g/mol. The van der Waals surface area contributed by atoms with E-state index in [1.807, 2.05) is 20.8 Å². The summed E-state index contributed by atoms with van der Waals surface area (Å²) >= 11 is 0. The van der Waals surface area contributed by atoms with Crippen molar-refractivity contribution < 1.29 is 34.5 Å². The quantitative estimate of drug-likeness (QED) is 0.177. The van der Waals surface area contributed by atoms with Crippen molar-refractivity contribution in [2.75, 3.05) is 13.2 Å². The van der Waals surface area contributed by atoms with E-state index in [0.29, 0.717) is 6.42 Å². The number of carbonyl (C=O) groups is 4. The van der Waals surface area contributed by atoms with Crippen LogP contribution < -0.4 is 21.7 Å². The van der Waals surface area contributed by atoms with Gasteiger partial charge in [-0.25, -0.2) is 4.79 Å². The van der Waals surface area contributed by atoms with Crippen LogP contribution in [0.5, 0.6) is 0 Å². The molecule has 29 heavy (non-hydrogen) atoms. The highest BCUT2D eigenvalue weighted by molar-refractivity contribution is 5.94. The van der Waals surface area contributed by atoms with Crippen LogP contribution in [-0.2, 0) is 19.2 Å². The summed E-state index contributed by atoms with van der Waals surface area (Å²) in [5.41, 5.74) is 5.48. The van der Waals surface area contributed by atoms with Gasteiger partial charge in [0.15, 0.2) is 0 Å². The van der Waals surface area contributed by atoms with Crippen molar-refractivity contribution in [3.8, 4) is 0 Å². The molecule has 0 heterocycles. The Bertz CT molecular complexity index is 570. The molecular weight excluding hydrogens is 384 g/mol. The molecule has 0 aliphatic heterocycles. The number of amides is 3. The van der Waals surface area contributed by atoms with Gasteiger partial charge in [0, 0.05) is 0 Å². The van der Waals surface area contributed by atoms with Gasteiger partial charge in [-0.05, 0) is 18.3 Å². The molecule has 5 unspecified atom stereocenters. The van der Waals surface area contributed by atoms with E-state index in [0.717, 1.165) is 0 Å². The fourth-order valence-corrected chi connectivity index (χ4v) is 2.47. The summed E-state index contributed by atoms with van der Waals surface area (Å²) in [7, 11) is 0. The zero-order valence-corrected chi connectivity index (χ0v) is 17.3. The Morgan fingerprint density at radius 2 is 1.41 bits per heavy atom. The van der Waals surface area contributed by atoms with Gasteiger partial charge in [0.05, 0.1) is 13.2 Å². The van der Waals surface area contributed by atoms with Crippen LogP contribution in [-0.4, -0.2) is 76.4 Å². The molecule has 0 saturated carbocycles. The molecule has 0 bridgehead atoms. The van der Waals surface area contributed by atoms with Gasteiger partial charge in [0.25, 0.3) is 0 Å². The molecule has 3 amide bonds. The Morgan fingerprint density at radius 1 is 0.862 bits per heavy atom. The third kappa shape index (κ3) is 9.20. The number of carboxylic acid groups (broad SMARTS) is 1. The molecule has 8 N–H and O–H groups in total. The van der Waals surface area contributed by atoms with Crippen LogP contribution in [0.1, 0.15) is 40.5 Å². The Hall–Kier alpha value is -2.24. The third-order valence-electron chi connectivity index (χ3n) is 4.46. The topological polar surface area (TPSA) is 191 Å². The van der Waals surface area contributed by atoms with E-state index in [1.165, 1.54) is 0 Å². The van der Waals surface area contributed by atoms with Crippen LogP contribution in [0.3, 0.4) is 0 Å². The van der Waals surface area contributed by atoms with Crippen molar-refractivity contribution in [2.45, 2.75) is 64.7 Å². The summed E-state index contributed by atoms with van der Waals surface area (Å²) in [6.07, 6.45) is 0.756. The lowest BCUT2D eigenvalue weighted by Gasteiger charge is -2.28. The molecular formula is C18H34N4O7. The van der Waals surface area contributed by atoms with Crippen molar-refractivity contribution in [1.82, 2.24) is 16.0 Å². The van der Waals surface area contributed by atoms with Crippen molar-refractivity contribution in [2.24, 2.45) is 17.6 Å². The predicted molar refractivity (Wildman–Crippen MR) is 104 cm³/mol. The Morgan fingerprint density at radius 3 is 1.83 bits per heavy atom. The molecule has 11 heteroatoms. The summed E-state index contributed by atoms with van der Waals surface area (Å²) in [5, 5.41) is 34.3. The molecule has 0 spiro atoms. The monoisotopic (exact) mass is 418 g/mol.